The Morgan fingerprint density at radius 1 is 1.19 bits per heavy atom. The van der Waals surface area contributed by atoms with E-state index in [-0.39, 0.29) is 5.91 Å². The Morgan fingerprint density at radius 2 is 1.92 bits per heavy atom. The van der Waals surface area contributed by atoms with Gasteiger partial charge in [0, 0.05) is 13.1 Å². The minimum atomic E-state index is -0.916. The smallest absolute Gasteiger partial charge is 0.335 e. The van der Waals surface area contributed by atoms with Crippen LogP contribution in [-0.4, -0.2) is 42.1 Å². The number of methoxy groups -OCH3 is 1. The van der Waals surface area contributed by atoms with Gasteiger partial charge in [0.15, 0.2) is 0 Å². The van der Waals surface area contributed by atoms with Crippen LogP contribution < -0.4 is 4.74 Å². The van der Waals surface area contributed by atoms with Gasteiger partial charge in [-0.25, -0.2) is 4.79 Å². The molecule has 1 fully saturated rings. The predicted molar refractivity (Wildman–Crippen MR) is 98.8 cm³/mol. The van der Waals surface area contributed by atoms with E-state index in [1.807, 2.05) is 42.2 Å². The second-order valence-corrected chi connectivity index (χ2v) is 6.82. The molecule has 0 bridgehead atoms. The van der Waals surface area contributed by atoms with Crippen LogP contribution in [0.15, 0.2) is 42.5 Å². The van der Waals surface area contributed by atoms with Gasteiger partial charge in [0.2, 0.25) is 0 Å². The number of likely N-dealkylation sites (tertiary alicyclic amines) is 1. The largest absolute Gasteiger partial charge is 0.496 e. The van der Waals surface area contributed by atoms with Gasteiger partial charge in [-0.2, -0.15) is 0 Å². The van der Waals surface area contributed by atoms with Gasteiger partial charge in [0.1, 0.15) is 5.75 Å². The number of nitrogens with zero attached hydrogens (tertiary/aromatic N) is 1. The molecule has 1 aliphatic heterocycles. The summed E-state index contributed by atoms with van der Waals surface area (Å²) in [7, 11) is 1.58. The molecule has 0 saturated carbocycles. The number of aromatic carboxylic acids is 1. The number of aryl methyl sites for hydroxylation is 1. The number of carboxylic acid groups (broad SMARTS) is 1. The molecular weight excluding hydrogens is 330 g/mol. The first kappa shape index (κ1) is 18.0. The molecule has 1 heterocycles. The van der Waals surface area contributed by atoms with Crippen LogP contribution in [0.5, 0.6) is 5.75 Å². The van der Waals surface area contributed by atoms with Crippen molar-refractivity contribution in [1.29, 1.82) is 0 Å². The number of ether oxygens (including phenoxy) is 1. The van der Waals surface area contributed by atoms with Crippen molar-refractivity contribution >= 4 is 11.9 Å². The highest BCUT2D eigenvalue weighted by Gasteiger charge is 2.28. The highest BCUT2D eigenvalue weighted by Crippen LogP contribution is 2.26. The van der Waals surface area contributed by atoms with E-state index >= 15 is 0 Å². The minimum absolute atomic E-state index is 0.00516. The summed E-state index contributed by atoms with van der Waals surface area (Å²) in [5.41, 5.74) is 3.05. The molecule has 5 nitrogen and oxygen atoms in total. The Hall–Kier alpha value is -2.82. The average molecular weight is 353 g/mol. The number of carboxylic acids is 1. The van der Waals surface area contributed by atoms with Gasteiger partial charge in [0.25, 0.3) is 5.91 Å². The lowest BCUT2D eigenvalue weighted by Crippen LogP contribution is -2.29. The van der Waals surface area contributed by atoms with Gasteiger partial charge in [-0.3, -0.25) is 4.79 Å². The summed E-state index contributed by atoms with van der Waals surface area (Å²) in [4.78, 5) is 25.6. The van der Waals surface area contributed by atoms with E-state index in [1.165, 1.54) is 0 Å². The number of carbonyl (C=O) groups is 2. The molecule has 0 aromatic heterocycles. The molecule has 136 valence electrons. The molecule has 0 aliphatic carbocycles. The molecule has 2 aromatic carbocycles. The molecule has 1 saturated heterocycles. The Balaban J connectivity index is 1.65. The molecule has 1 aliphatic rings. The van der Waals surface area contributed by atoms with Crippen LogP contribution in [0.2, 0.25) is 0 Å². The van der Waals surface area contributed by atoms with Gasteiger partial charge in [-0.1, -0.05) is 18.2 Å². The quantitative estimate of drug-likeness (QED) is 0.894. The third-order valence-corrected chi connectivity index (χ3v) is 4.89. The fraction of sp³-hybridized carbons (Fsp3) is 0.333. The summed E-state index contributed by atoms with van der Waals surface area (Å²) < 4.78 is 5.36. The highest BCUT2D eigenvalue weighted by molar-refractivity contribution is 5.97. The van der Waals surface area contributed by atoms with Crippen molar-refractivity contribution in [3.8, 4) is 5.75 Å². The Labute approximate surface area is 153 Å². The minimum Gasteiger partial charge on any atom is -0.496 e. The molecule has 5 heteroatoms. The molecule has 1 unspecified atom stereocenters. The van der Waals surface area contributed by atoms with Crippen molar-refractivity contribution in [1.82, 2.24) is 4.90 Å². The summed E-state index contributed by atoms with van der Waals surface area (Å²) >= 11 is 0. The number of hydrogen-bond donors (Lipinski definition) is 1. The molecule has 1 atom stereocenters. The normalized spacial score (nSPS) is 16.5. The predicted octanol–water partition coefficient (Wildman–Crippen LogP) is 3.41. The van der Waals surface area contributed by atoms with E-state index < -0.39 is 5.97 Å². The lowest BCUT2D eigenvalue weighted by atomic mass is 9.98. The van der Waals surface area contributed by atoms with Gasteiger partial charge in [-0.15, -0.1) is 0 Å². The van der Waals surface area contributed by atoms with E-state index in [1.54, 1.807) is 19.2 Å². The first-order valence-electron chi connectivity index (χ1n) is 8.74. The standard InChI is InChI=1S/C21H23NO4/c1-14-3-8-18(19(11-14)26-2)20(23)22-10-9-16(13-22)12-15-4-6-17(7-5-15)21(24)25/h3-8,11,16H,9-10,12-13H2,1-2H3,(H,24,25). The van der Waals surface area contributed by atoms with E-state index in [2.05, 4.69) is 0 Å². The third kappa shape index (κ3) is 3.87. The zero-order valence-electron chi connectivity index (χ0n) is 15.1. The zero-order valence-corrected chi connectivity index (χ0v) is 15.1. The molecule has 1 amide bonds. The second kappa shape index (κ2) is 7.60. The van der Waals surface area contributed by atoms with Crippen LogP contribution in [0.1, 0.15) is 38.3 Å². The summed E-state index contributed by atoms with van der Waals surface area (Å²) in [5, 5.41) is 8.97. The maximum atomic E-state index is 12.8. The van der Waals surface area contributed by atoms with Gasteiger partial charge >= 0.3 is 5.97 Å². The topological polar surface area (TPSA) is 66.8 Å². The number of hydrogen-bond acceptors (Lipinski definition) is 3. The van der Waals surface area contributed by atoms with E-state index in [4.69, 9.17) is 9.84 Å². The highest BCUT2D eigenvalue weighted by atomic mass is 16.5. The maximum Gasteiger partial charge on any atom is 0.335 e. The monoisotopic (exact) mass is 353 g/mol. The van der Waals surface area contributed by atoms with Crippen molar-refractivity contribution in [3.63, 3.8) is 0 Å². The molecular formula is C21H23NO4. The Morgan fingerprint density at radius 3 is 2.58 bits per heavy atom. The molecule has 0 radical (unpaired) electrons. The van der Waals surface area contributed by atoms with Crippen molar-refractivity contribution in [2.45, 2.75) is 19.8 Å². The summed E-state index contributed by atoms with van der Waals surface area (Å²) in [5.74, 6) is 0.0839. The van der Waals surface area contributed by atoms with E-state index in [0.29, 0.717) is 29.3 Å². The fourth-order valence-corrected chi connectivity index (χ4v) is 3.45. The lowest BCUT2D eigenvalue weighted by molar-refractivity contribution is 0.0696. The summed E-state index contributed by atoms with van der Waals surface area (Å²) in [6, 6.07) is 12.6. The van der Waals surface area contributed by atoms with Crippen LogP contribution in [-0.2, 0) is 6.42 Å². The summed E-state index contributed by atoms with van der Waals surface area (Å²) in [6.07, 6.45) is 1.79. The number of carbonyl (C=O) groups excluding carboxylic acids is 1. The first-order chi connectivity index (χ1) is 12.5. The molecule has 3 rings (SSSR count). The maximum absolute atomic E-state index is 12.8. The lowest BCUT2D eigenvalue weighted by Gasteiger charge is -2.18. The number of amides is 1. The van der Waals surface area contributed by atoms with E-state index in [0.717, 1.165) is 30.5 Å². The van der Waals surface area contributed by atoms with Crippen molar-refractivity contribution in [2.24, 2.45) is 5.92 Å². The molecule has 0 spiro atoms. The summed E-state index contributed by atoms with van der Waals surface area (Å²) in [6.45, 7) is 3.41. The molecule has 1 N–H and O–H groups in total. The number of benzene rings is 2. The van der Waals surface area contributed by atoms with Crippen LogP contribution in [0, 0.1) is 12.8 Å². The van der Waals surface area contributed by atoms with Crippen LogP contribution in [0.4, 0.5) is 0 Å². The van der Waals surface area contributed by atoms with Crippen molar-refractivity contribution in [2.75, 3.05) is 20.2 Å². The van der Waals surface area contributed by atoms with Gasteiger partial charge in [-0.05, 0) is 61.1 Å². The SMILES string of the molecule is COc1cc(C)ccc1C(=O)N1CCC(Cc2ccc(C(=O)O)cc2)C1. The average Bonchev–Trinajstić information content (AvgIpc) is 3.10. The van der Waals surface area contributed by atoms with Crippen molar-refractivity contribution in [3.05, 3.63) is 64.7 Å². The van der Waals surface area contributed by atoms with Gasteiger partial charge < -0.3 is 14.7 Å². The molecule has 26 heavy (non-hydrogen) atoms. The van der Waals surface area contributed by atoms with Crippen molar-refractivity contribution < 1.29 is 19.4 Å². The van der Waals surface area contributed by atoms with Crippen LogP contribution >= 0.6 is 0 Å². The van der Waals surface area contributed by atoms with Gasteiger partial charge in [0.05, 0.1) is 18.2 Å². The Kier molecular flexibility index (Phi) is 5.26. The fourth-order valence-electron chi connectivity index (χ4n) is 3.45. The third-order valence-electron chi connectivity index (χ3n) is 4.89. The first-order valence-corrected chi connectivity index (χ1v) is 8.74. The zero-order chi connectivity index (χ0) is 18.7. The number of rotatable bonds is 5. The van der Waals surface area contributed by atoms with Crippen LogP contribution in [0.25, 0.3) is 0 Å². The molecule has 2 aromatic rings. The van der Waals surface area contributed by atoms with E-state index in [9.17, 15) is 9.59 Å². The Bertz CT molecular complexity index is 813. The second-order valence-electron chi connectivity index (χ2n) is 6.82. The van der Waals surface area contributed by atoms with Crippen LogP contribution in [0.3, 0.4) is 0 Å².